The molecule has 0 unspecified atom stereocenters. The Labute approximate surface area is 289 Å². The van der Waals surface area contributed by atoms with E-state index in [1.165, 1.54) is 0 Å². The van der Waals surface area contributed by atoms with Crippen LogP contribution in [0.25, 0.3) is 21.8 Å². The van der Waals surface area contributed by atoms with Crippen molar-refractivity contribution in [3.8, 4) is 5.75 Å². The summed E-state index contributed by atoms with van der Waals surface area (Å²) in [6.45, 7) is 2.24. The van der Waals surface area contributed by atoms with Crippen molar-refractivity contribution in [1.82, 2.24) is 15.2 Å². The van der Waals surface area contributed by atoms with E-state index < -0.39 is 6.09 Å². The molecule has 0 bridgehead atoms. The Morgan fingerprint density at radius 1 is 0.854 bits per heavy atom. The van der Waals surface area contributed by atoms with Gasteiger partial charge in [-0.15, -0.1) is 23.2 Å². The molecule has 250 valence electrons. The molecule has 1 aromatic heterocycles. The van der Waals surface area contributed by atoms with Gasteiger partial charge in [0.2, 0.25) is 0 Å². The summed E-state index contributed by atoms with van der Waals surface area (Å²) >= 11 is 11.9. The number of likely N-dealkylation sites (N-methyl/N-ethyl adjacent to an activating group) is 1. The Hall–Kier alpha value is -4.61. The minimum atomic E-state index is -0.688. The number of amides is 2. The minimum Gasteiger partial charge on any atom is -0.410 e. The van der Waals surface area contributed by atoms with Crippen LogP contribution in [0.1, 0.15) is 15.9 Å². The molecular weight excluding hydrogens is 651 g/mol. The van der Waals surface area contributed by atoms with Crippen molar-refractivity contribution in [3.63, 3.8) is 0 Å². The van der Waals surface area contributed by atoms with Crippen molar-refractivity contribution >= 4 is 79.8 Å². The van der Waals surface area contributed by atoms with E-state index >= 15 is 0 Å². The van der Waals surface area contributed by atoms with E-state index in [9.17, 15) is 14.7 Å². The number of halogens is 2. The molecule has 1 heterocycles. The van der Waals surface area contributed by atoms with E-state index in [1.54, 1.807) is 36.4 Å². The number of aromatic nitrogens is 1. The molecule has 12 heteroatoms. The van der Waals surface area contributed by atoms with Gasteiger partial charge in [0.05, 0.1) is 28.9 Å². The number of nitrogens with one attached hydrogen (secondary N) is 3. The first-order valence-corrected chi connectivity index (χ1v) is 16.6. The Kier molecular flexibility index (Phi) is 11.9. The highest BCUT2D eigenvalue weighted by molar-refractivity contribution is 6.18. The molecule has 48 heavy (non-hydrogen) atoms. The minimum absolute atomic E-state index is 0.207. The molecular formula is C36H38Cl2N6O4. The fourth-order valence-electron chi connectivity index (χ4n) is 5.34. The molecule has 5 rings (SSSR count). The van der Waals surface area contributed by atoms with E-state index in [2.05, 4.69) is 20.9 Å². The fraction of sp³-hybridized carbons (Fsp3) is 0.250. The number of ether oxygens (including phenoxy) is 1. The molecule has 0 fully saturated rings. The third kappa shape index (κ3) is 8.64. The average Bonchev–Trinajstić information content (AvgIpc) is 3.07. The summed E-state index contributed by atoms with van der Waals surface area (Å²) in [4.78, 5) is 35.1. The zero-order valence-corrected chi connectivity index (χ0v) is 28.3. The highest BCUT2D eigenvalue weighted by atomic mass is 35.5. The lowest BCUT2D eigenvalue weighted by atomic mass is 10.0. The van der Waals surface area contributed by atoms with E-state index in [-0.39, 0.29) is 12.5 Å². The fourth-order valence-corrected chi connectivity index (χ4v) is 5.75. The number of alkyl halides is 2. The number of benzene rings is 4. The first-order chi connectivity index (χ1) is 23.3. The lowest BCUT2D eigenvalue weighted by molar-refractivity contribution is 0.0952. The SMILES string of the molecule is CN(C)CCNC(=O)c1cccc2c(Nc3cc(CO)cc(NC(=O)Oc4ccc(N(CCCl)CCCl)cc4)c3)c3ccccc3nc12. The van der Waals surface area contributed by atoms with Crippen molar-refractivity contribution in [2.45, 2.75) is 6.61 Å². The monoisotopic (exact) mass is 688 g/mol. The molecule has 0 spiro atoms. The third-order valence-corrected chi connectivity index (χ3v) is 7.95. The number of pyridine rings is 1. The van der Waals surface area contributed by atoms with Gasteiger partial charge in [-0.1, -0.05) is 30.3 Å². The van der Waals surface area contributed by atoms with Crippen LogP contribution in [0, 0.1) is 0 Å². The lowest BCUT2D eigenvalue weighted by Crippen LogP contribution is -2.31. The molecule has 0 radical (unpaired) electrons. The number of hydrogen-bond donors (Lipinski definition) is 4. The summed E-state index contributed by atoms with van der Waals surface area (Å²) in [5.41, 5.74) is 4.99. The topological polar surface area (TPSA) is 119 Å². The summed E-state index contributed by atoms with van der Waals surface area (Å²) in [6, 6.07) is 25.5. The van der Waals surface area contributed by atoms with Crippen LogP contribution in [-0.4, -0.2) is 79.0 Å². The average molecular weight is 690 g/mol. The van der Waals surface area contributed by atoms with E-state index in [0.29, 0.717) is 77.2 Å². The number of rotatable bonds is 14. The van der Waals surface area contributed by atoms with Gasteiger partial charge in [0.15, 0.2) is 0 Å². The second-order valence-electron chi connectivity index (χ2n) is 11.3. The Morgan fingerprint density at radius 2 is 1.56 bits per heavy atom. The Bertz CT molecular complexity index is 1880. The van der Waals surface area contributed by atoms with E-state index in [0.717, 1.165) is 22.1 Å². The first-order valence-electron chi connectivity index (χ1n) is 15.5. The van der Waals surface area contributed by atoms with Crippen LogP contribution in [-0.2, 0) is 6.61 Å². The molecule has 2 amide bonds. The van der Waals surface area contributed by atoms with Crippen molar-refractivity contribution in [1.29, 1.82) is 0 Å². The van der Waals surface area contributed by atoms with Crippen molar-refractivity contribution in [2.75, 3.05) is 67.6 Å². The number of hydrogen-bond acceptors (Lipinski definition) is 8. The normalized spacial score (nSPS) is 11.1. The second-order valence-corrected chi connectivity index (χ2v) is 12.1. The molecule has 0 atom stereocenters. The van der Waals surface area contributed by atoms with Gasteiger partial charge < -0.3 is 30.3 Å². The highest BCUT2D eigenvalue weighted by Gasteiger charge is 2.17. The molecule has 0 saturated carbocycles. The number of nitrogens with zero attached hydrogens (tertiary/aromatic N) is 3. The van der Waals surface area contributed by atoms with Gasteiger partial charge in [-0.3, -0.25) is 10.1 Å². The van der Waals surface area contributed by atoms with Crippen LogP contribution >= 0.6 is 23.2 Å². The second kappa shape index (κ2) is 16.5. The van der Waals surface area contributed by atoms with Crippen LogP contribution < -0.4 is 25.6 Å². The molecule has 0 aliphatic heterocycles. The maximum Gasteiger partial charge on any atom is 0.417 e. The smallest absolute Gasteiger partial charge is 0.410 e. The first kappa shape index (κ1) is 34.7. The summed E-state index contributed by atoms with van der Waals surface area (Å²) < 4.78 is 5.54. The van der Waals surface area contributed by atoms with Gasteiger partial charge in [0.25, 0.3) is 5.91 Å². The number of anilines is 4. The molecule has 4 N–H and O–H groups in total. The number of para-hydroxylation sites is 2. The summed E-state index contributed by atoms with van der Waals surface area (Å²) in [7, 11) is 3.90. The van der Waals surface area contributed by atoms with E-state index in [4.69, 9.17) is 32.9 Å². The maximum atomic E-state index is 13.2. The largest absolute Gasteiger partial charge is 0.417 e. The molecule has 0 aliphatic rings. The number of fused-ring (bicyclic) bond motifs is 2. The summed E-state index contributed by atoms with van der Waals surface area (Å²) in [5, 5.41) is 20.9. The van der Waals surface area contributed by atoms with Crippen LogP contribution in [0.2, 0.25) is 0 Å². The molecule has 10 nitrogen and oxygen atoms in total. The zero-order chi connectivity index (χ0) is 34.0. The molecule has 5 aromatic rings. The Morgan fingerprint density at radius 3 is 2.27 bits per heavy atom. The number of aliphatic hydroxyl groups excluding tert-OH is 1. The summed E-state index contributed by atoms with van der Waals surface area (Å²) in [6.07, 6.45) is -0.688. The van der Waals surface area contributed by atoms with Crippen molar-refractivity contribution in [2.24, 2.45) is 0 Å². The van der Waals surface area contributed by atoms with Crippen LogP contribution in [0.15, 0.2) is 84.9 Å². The van der Waals surface area contributed by atoms with Gasteiger partial charge in [0, 0.05) is 65.8 Å². The standard InChI is InChI=1S/C36H38Cl2N6O4/c1-43(2)19-16-39-35(46)31-8-5-7-30-33(29-6-3-4-9-32(29)42-34(30)31)40-25-20-24(23-45)21-26(22-25)41-36(47)48-28-12-10-27(11-13-28)44(17-14-37)18-15-38/h3-13,20-22,45H,14-19,23H2,1-2H3,(H,39,46)(H,40,42)(H,41,47). The van der Waals surface area contributed by atoms with E-state index in [1.807, 2.05) is 67.5 Å². The predicted molar refractivity (Wildman–Crippen MR) is 196 cm³/mol. The highest BCUT2D eigenvalue weighted by Crippen LogP contribution is 2.35. The van der Waals surface area contributed by atoms with Crippen LogP contribution in [0.5, 0.6) is 5.75 Å². The maximum absolute atomic E-state index is 13.2. The van der Waals surface area contributed by atoms with Crippen molar-refractivity contribution < 1.29 is 19.4 Å². The number of carbonyl (C=O) groups is 2. The van der Waals surface area contributed by atoms with Gasteiger partial charge in [0.1, 0.15) is 5.75 Å². The quantitative estimate of drug-likeness (QED) is 0.0742. The number of carbonyl (C=O) groups excluding carboxylic acids is 2. The van der Waals surface area contributed by atoms with Crippen LogP contribution in [0.4, 0.5) is 27.5 Å². The molecule has 0 saturated heterocycles. The lowest BCUT2D eigenvalue weighted by Gasteiger charge is -2.22. The van der Waals surface area contributed by atoms with Gasteiger partial charge in [-0.2, -0.15) is 0 Å². The summed E-state index contributed by atoms with van der Waals surface area (Å²) in [5.74, 6) is 1.08. The number of aliphatic hydroxyl groups is 1. The van der Waals surface area contributed by atoms with Gasteiger partial charge >= 0.3 is 6.09 Å². The van der Waals surface area contributed by atoms with Crippen molar-refractivity contribution in [3.05, 3.63) is 96.1 Å². The van der Waals surface area contributed by atoms with Gasteiger partial charge in [-0.05, 0) is 74.3 Å². The predicted octanol–water partition coefficient (Wildman–Crippen LogP) is 6.81. The molecule has 4 aromatic carbocycles. The third-order valence-electron chi connectivity index (χ3n) is 7.61. The molecule has 0 aliphatic carbocycles. The Balaban J connectivity index is 1.40. The van der Waals surface area contributed by atoms with Crippen LogP contribution in [0.3, 0.4) is 0 Å². The van der Waals surface area contributed by atoms with Gasteiger partial charge in [-0.25, -0.2) is 9.78 Å². The zero-order valence-electron chi connectivity index (χ0n) is 26.8.